The quantitative estimate of drug-likeness (QED) is 0.809. The van der Waals surface area contributed by atoms with Crippen molar-refractivity contribution < 1.29 is 9.18 Å². The van der Waals surface area contributed by atoms with E-state index in [1.807, 2.05) is 0 Å². The van der Waals surface area contributed by atoms with Crippen molar-refractivity contribution in [2.45, 2.75) is 19.4 Å². The maximum atomic E-state index is 13.3. The maximum absolute atomic E-state index is 13.3. The number of nitrogens with one attached hydrogen (secondary N) is 1. The van der Waals surface area contributed by atoms with Crippen LogP contribution in [-0.4, -0.2) is 37.0 Å². The molecule has 1 fully saturated rings. The highest BCUT2D eigenvalue weighted by Gasteiger charge is 2.26. The van der Waals surface area contributed by atoms with Gasteiger partial charge in [0.05, 0.1) is 11.3 Å². The van der Waals surface area contributed by atoms with Gasteiger partial charge in [-0.15, -0.1) is 0 Å². The Bertz CT molecular complexity index is 523. The molecule has 1 aromatic carbocycles. The zero-order chi connectivity index (χ0) is 14.9. The Morgan fingerprint density at radius 3 is 2.90 bits per heavy atom. The largest absolute Gasteiger partial charge is 0.396 e. The fraction of sp³-hybridized carbons (Fsp3) is 0.500. The molecule has 2 atom stereocenters. The first-order valence-corrected chi connectivity index (χ1v) is 7.41. The Balaban J connectivity index is 2.11. The van der Waals surface area contributed by atoms with Gasteiger partial charge in [-0.1, -0.05) is 6.92 Å². The van der Waals surface area contributed by atoms with Gasteiger partial charge in [-0.3, -0.25) is 4.79 Å². The minimum absolute atomic E-state index is 0.0187. The molecular weight excluding hydrogens is 325 g/mol. The van der Waals surface area contributed by atoms with Gasteiger partial charge in [0, 0.05) is 17.1 Å². The molecule has 1 heterocycles. The predicted octanol–water partition coefficient (Wildman–Crippen LogP) is 2.24. The second-order valence-electron chi connectivity index (χ2n) is 5.46. The number of benzene rings is 1. The van der Waals surface area contributed by atoms with Gasteiger partial charge in [0.2, 0.25) is 0 Å². The Morgan fingerprint density at radius 2 is 2.25 bits per heavy atom. The molecular formula is C14H19BrFN3O. The third-order valence-electron chi connectivity index (χ3n) is 3.76. The van der Waals surface area contributed by atoms with Crippen LogP contribution in [0.4, 0.5) is 10.1 Å². The third-order valence-corrected chi connectivity index (χ3v) is 4.41. The van der Waals surface area contributed by atoms with Gasteiger partial charge in [-0.25, -0.2) is 4.39 Å². The number of nitrogens with two attached hydrogens (primary N) is 1. The number of rotatable bonds is 2. The van der Waals surface area contributed by atoms with E-state index in [4.69, 9.17) is 5.73 Å². The number of carbonyl (C=O) groups excluding carboxylic acids is 1. The Morgan fingerprint density at radius 1 is 1.55 bits per heavy atom. The molecule has 0 bridgehead atoms. The average Bonchev–Trinajstić information content (AvgIpc) is 2.37. The van der Waals surface area contributed by atoms with Crippen LogP contribution in [-0.2, 0) is 0 Å². The Labute approximate surface area is 126 Å². The summed E-state index contributed by atoms with van der Waals surface area (Å²) in [6.07, 6.45) is 0.914. The number of hydrogen-bond donors (Lipinski definition) is 2. The van der Waals surface area contributed by atoms with Crippen LogP contribution in [0.25, 0.3) is 0 Å². The van der Waals surface area contributed by atoms with Gasteiger partial charge in [0.1, 0.15) is 5.82 Å². The molecule has 110 valence electrons. The fourth-order valence-electron chi connectivity index (χ4n) is 2.55. The molecule has 0 aromatic heterocycles. The van der Waals surface area contributed by atoms with Crippen molar-refractivity contribution in [1.29, 1.82) is 0 Å². The SMILES string of the molecule is CC1CN(C)CCC1NC(=O)c1cc(N)c(F)cc1Br. The molecule has 2 unspecified atom stereocenters. The Kier molecular flexibility index (Phi) is 4.65. The molecule has 0 saturated carbocycles. The van der Waals surface area contributed by atoms with Gasteiger partial charge in [-0.2, -0.15) is 0 Å². The van der Waals surface area contributed by atoms with Gasteiger partial charge >= 0.3 is 0 Å². The van der Waals surface area contributed by atoms with Crippen molar-refractivity contribution in [1.82, 2.24) is 10.2 Å². The van der Waals surface area contributed by atoms with Gasteiger partial charge in [0.25, 0.3) is 5.91 Å². The lowest BCUT2D eigenvalue weighted by Crippen LogP contribution is -2.48. The number of hydrogen-bond acceptors (Lipinski definition) is 3. The molecule has 3 N–H and O–H groups in total. The molecule has 1 aromatic rings. The van der Waals surface area contributed by atoms with Gasteiger partial charge in [-0.05, 0) is 54.0 Å². The molecule has 2 rings (SSSR count). The molecule has 1 aliphatic rings. The van der Waals surface area contributed by atoms with E-state index >= 15 is 0 Å². The van der Waals surface area contributed by atoms with Crippen LogP contribution in [0.2, 0.25) is 0 Å². The standard InChI is InChI=1S/C14H19BrFN3O/c1-8-7-19(2)4-3-13(8)18-14(20)9-5-12(17)11(16)6-10(9)15/h5-6,8,13H,3-4,7,17H2,1-2H3,(H,18,20). The fourth-order valence-corrected chi connectivity index (χ4v) is 3.05. The van der Waals surface area contributed by atoms with Crippen molar-refractivity contribution in [3.8, 4) is 0 Å². The minimum Gasteiger partial charge on any atom is -0.396 e. The topological polar surface area (TPSA) is 58.4 Å². The van der Waals surface area contributed by atoms with Crippen LogP contribution in [0, 0.1) is 11.7 Å². The number of nitrogens with zero attached hydrogens (tertiary/aromatic N) is 1. The van der Waals surface area contributed by atoms with Crippen molar-refractivity contribution in [2.24, 2.45) is 5.92 Å². The first-order chi connectivity index (χ1) is 9.38. The molecule has 0 radical (unpaired) electrons. The van der Waals surface area contributed by atoms with Crippen LogP contribution in [0.5, 0.6) is 0 Å². The number of anilines is 1. The lowest BCUT2D eigenvalue weighted by Gasteiger charge is -2.35. The van der Waals surface area contributed by atoms with E-state index in [1.165, 1.54) is 12.1 Å². The third kappa shape index (κ3) is 3.30. The first kappa shape index (κ1) is 15.3. The summed E-state index contributed by atoms with van der Waals surface area (Å²) in [6.45, 7) is 4.04. The monoisotopic (exact) mass is 343 g/mol. The number of likely N-dealkylation sites (tertiary alicyclic amines) is 1. The molecule has 20 heavy (non-hydrogen) atoms. The highest BCUT2D eigenvalue weighted by Crippen LogP contribution is 2.24. The summed E-state index contributed by atoms with van der Waals surface area (Å²) in [7, 11) is 2.08. The van der Waals surface area contributed by atoms with E-state index < -0.39 is 5.82 Å². The minimum atomic E-state index is -0.527. The number of halogens is 2. The van der Waals surface area contributed by atoms with E-state index in [-0.39, 0.29) is 17.6 Å². The Hall–Kier alpha value is -1.14. The van der Waals surface area contributed by atoms with E-state index in [0.717, 1.165) is 19.5 Å². The van der Waals surface area contributed by atoms with Crippen molar-refractivity contribution in [2.75, 3.05) is 25.9 Å². The lowest BCUT2D eigenvalue weighted by atomic mass is 9.94. The predicted molar refractivity (Wildman–Crippen MR) is 81.0 cm³/mol. The van der Waals surface area contributed by atoms with E-state index in [2.05, 4.69) is 40.1 Å². The maximum Gasteiger partial charge on any atom is 0.252 e. The van der Waals surface area contributed by atoms with Crippen LogP contribution in [0.15, 0.2) is 16.6 Å². The molecule has 1 amide bonds. The molecule has 6 heteroatoms. The summed E-state index contributed by atoms with van der Waals surface area (Å²) in [5.41, 5.74) is 5.88. The molecule has 4 nitrogen and oxygen atoms in total. The number of carbonyl (C=O) groups is 1. The van der Waals surface area contributed by atoms with Gasteiger partial charge < -0.3 is 16.0 Å². The second kappa shape index (κ2) is 6.10. The second-order valence-corrected chi connectivity index (χ2v) is 6.32. The van der Waals surface area contributed by atoms with Crippen molar-refractivity contribution >= 4 is 27.5 Å². The van der Waals surface area contributed by atoms with Crippen LogP contribution in [0.3, 0.4) is 0 Å². The summed E-state index contributed by atoms with van der Waals surface area (Å²) >= 11 is 3.21. The molecule has 1 saturated heterocycles. The normalized spacial score (nSPS) is 23.6. The van der Waals surface area contributed by atoms with E-state index in [0.29, 0.717) is 16.0 Å². The summed E-state index contributed by atoms with van der Waals surface area (Å²) in [5, 5.41) is 3.02. The van der Waals surface area contributed by atoms with Crippen LogP contribution in [0.1, 0.15) is 23.7 Å². The van der Waals surface area contributed by atoms with Gasteiger partial charge in [0.15, 0.2) is 0 Å². The molecule has 0 spiro atoms. The summed E-state index contributed by atoms with van der Waals surface area (Å²) in [5.74, 6) is -0.361. The summed E-state index contributed by atoms with van der Waals surface area (Å²) in [4.78, 5) is 14.5. The van der Waals surface area contributed by atoms with Crippen molar-refractivity contribution in [3.05, 3.63) is 28.0 Å². The van der Waals surface area contributed by atoms with Crippen molar-refractivity contribution in [3.63, 3.8) is 0 Å². The highest BCUT2D eigenvalue weighted by molar-refractivity contribution is 9.10. The zero-order valence-corrected chi connectivity index (χ0v) is 13.2. The average molecular weight is 344 g/mol. The first-order valence-electron chi connectivity index (χ1n) is 6.62. The zero-order valence-electron chi connectivity index (χ0n) is 11.6. The number of piperidine rings is 1. The van der Waals surface area contributed by atoms with E-state index in [1.54, 1.807) is 0 Å². The number of nitrogen functional groups attached to an aromatic ring is 1. The van der Waals surface area contributed by atoms with E-state index in [9.17, 15) is 9.18 Å². The smallest absolute Gasteiger partial charge is 0.252 e. The van der Waals surface area contributed by atoms with Crippen LogP contribution < -0.4 is 11.1 Å². The van der Waals surface area contributed by atoms with Crippen LogP contribution >= 0.6 is 15.9 Å². The lowest BCUT2D eigenvalue weighted by molar-refractivity contribution is 0.0883. The summed E-state index contributed by atoms with van der Waals surface area (Å²) in [6, 6.07) is 2.73. The molecule has 1 aliphatic heterocycles. The number of amides is 1. The highest BCUT2D eigenvalue weighted by atomic mass is 79.9. The summed E-state index contributed by atoms with van der Waals surface area (Å²) < 4.78 is 13.7. The molecule has 0 aliphatic carbocycles.